The summed E-state index contributed by atoms with van der Waals surface area (Å²) in [6.45, 7) is 9.75. The van der Waals surface area contributed by atoms with E-state index in [1.165, 1.54) is 0 Å². The Kier molecular flexibility index (Phi) is 2150. The van der Waals surface area contributed by atoms with Crippen LogP contribution in [0.5, 0.6) is 0 Å². The maximum atomic E-state index is 7.75. The van der Waals surface area contributed by atoms with Gasteiger partial charge in [-0.15, -0.1) is 0 Å². The molecule has 4 heteroatoms. The Bertz CT molecular complexity index is 14.9. The molecule has 0 bridgehead atoms. The monoisotopic (exact) mass is 146 g/mol. The van der Waals surface area contributed by atoms with Crippen LogP contribution in [-0.2, 0) is 31.2 Å². The topological polar surface area (TPSA) is 51.2 Å². The van der Waals surface area contributed by atoms with E-state index in [0.29, 0.717) is 0 Å². The third-order valence-electron chi connectivity index (χ3n) is 0. The number of hydrogen-bond acceptors (Lipinski definition) is 3. The Balaban J connectivity index is -0.00000000900. The fourth-order valence-electron chi connectivity index (χ4n) is 0. The smallest absolute Gasteiger partial charge is 0.545 e. The van der Waals surface area contributed by atoms with Crippen molar-refractivity contribution in [3.8, 4) is 0 Å². The van der Waals surface area contributed by atoms with E-state index in [2.05, 4.69) is 20.4 Å². The first-order valence-corrected chi connectivity index (χ1v) is 0.707. The van der Waals surface area contributed by atoms with E-state index in [9.17, 15) is 0 Å². The van der Waals surface area contributed by atoms with Crippen molar-refractivity contribution >= 4 is 20.4 Å². The molecule has 0 spiro atoms. The van der Waals surface area contributed by atoms with Crippen molar-refractivity contribution in [2.24, 2.45) is 0 Å². The Morgan fingerprint density at radius 2 is 0.571 bits per heavy atom. The predicted molar refractivity (Wildman–Crippen MR) is 20.3 cm³/mol. The van der Waals surface area contributed by atoms with Crippen molar-refractivity contribution in [2.75, 3.05) is 0 Å². The van der Waals surface area contributed by atoms with Gasteiger partial charge in [0.25, 0.3) is 0 Å². The number of carbonyl (C=O) groups excluding carboxylic acids is 3. The molecule has 0 heterocycles. The van der Waals surface area contributed by atoms with Crippen LogP contribution in [-0.4, -0.2) is 20.4 Å². The van der Waals surface area contributed by atoms with E-state index < -0.39 is 0 Å². The minimum absolute atomic E-state index is 0. The Hall–Kier alpha value is -0.484. The summed E-state index contributed by atoms with van der Waals surface area (Å²) in [6, 6.07) is 0. The summed E-state index contributed by atoms with van der Waals surface area (Å²) < 4.78 is 0. The van der Waals surface area contributed by atoms with Crippen LogP contribution in [0.15, 0.2) is 0 Å². The molecular formula is C3H3CoO3. The minimum atomic E-state index is 0. The summed E-state index contributed by atoms with van der Waals surface area (Å²) in [4.78, 5) is 23.2. The van der Waals surface area contributed by atoms with Crippen LogP contribution in [0.25, 0.3) is 0 Å². The summed E-state index contributed by atoms with van der Waals surface area (Å²) in [7, 11) is 0. The molecule has 0 aromatic heterocycles. The second-order valence-corrected chi connectivity index (χ2v) is 0. The van der Waals surface area contributed by atoms with Crippen molar-refractivity contribution in [2.45, 2.75) is 0 Å². The van der Waals surface area contributed by atoms with Gasteiger partial charge in [0.05, 0.1) is 0 Å². The Morgan fingerprint density at radius 1 is 0.571 bits per heavy atom. The zero-order valence-electron chi connectivity index (χ0n) is 3.29. The van der Waals surface area contributed by atoms with Crippen molar-refractivity contribution in [3.63, 3.8) is 0 Å². The second-order valence-electron chi connectivity index (χ2n) is 0. The van der Waals surface area contributed by atoms with Gasteiger partial charge in [0.15, 0.2) is 0 Å². The molecule has 0 amide bonds. The van der Waals surface area contributed by atoms with Gasteiger partial charge in [-0.3, -0.25) is 20.4 Å². The molecule has 0 aliphatic rings. The summed E-state index contributed by atoms with van der Waals surface area (Å²) >= 11 is 0. The van der Waals surface area contributed by atoms with E-state index in [0.717, 1.165) is 0 Å². The van der Waals surface area contributed by atoms with Gasteiger partial charge in [-0.05, 0) is 0 Å². The summed E-state index contributed by atoms with van der Waals surface area (Å²) in [6.07, 6.45) is 0. The quantitative estimate of drug-likeness (QED) is 0.331. The molecule has 0 aromatic carbocycles. The van der Waals surface area contributed by atoms with E-state index >= 15 is 0 Å². The van der Waals surface area contributed by atoms with Crippen LogP contribution in [0.4, 0.5) is 0 Å². The summed E-state index contributed by atoms with van der Waals surface area (Å²) in [5.74, 6) is 0. The van der Waals surface area contributed by atoms with Gasteiger partial charge >= 0.3 is 16.8 Å². The van der Waals surface area contributed by atoms with Gasteiger partial charge < -0.3 is 14.4 Å². The molecule has 0 aromatic rings. The first-order chi connectivity index (χ1) is 3.00. The molecule has 7 heavy (non-hydrogen) atoms. The van der Waals surface area contributed by atoms with E-state index in [-0.39, 0.29) is 16.8 Å². The van der Waals surface area contributed by atoms with Gasteiger partial charge in [-0.2, -0.15) is 0 Å². The third kappa shape index (κ3) is 292. The third-order valence-corrected chi connectivity index (χ3v) is 0. The maximum absolute atomic E-state index is 7.75. The van der Waals surface area contributed by atoms with Crippen LogP contribution in [0.3, 0.4) is 0 Å². The molecule has 0 N–H and O–H groups in total. The Labute approximate surface area is 52.3 Å². The molecule has 0 unspecified atom stereocenters. The van der Waals surface area contributed by atoms with E-state index in [4.69, 9.17) is 14.4 Å². The second kappa shape index (κ2) is 481. The molecule has 0 aliphatic heterocycles. The first-order valence-electron chi connectivity index (χ1n) is 0.707. The molecule has 0 fully saturated rings. The fraction of sp³-hybridized carbons (Fsp3) is 0. The van der Waals surface area contributed by atoms with Crippen molar-refractivity contribution in [1.82, 2.24) is 0 Å². The van der Waals surface area contributed by atoms with E-state index in [1.807, 2.05) is 0 Å². The van der Waals surface area contributed by atoms with Gasteiger partial charge in [0, 0.05) is 0 Å². The van der Waals surface area contributed by atoms with Crippen molar-refractivity contribution in [1.29, 1.82) is 0 Å². The molecule has 0 rings (SSSR count). The zero-order chi connectivity index (χ0) is 6.00. The first kappa shape index (κ1) is 31.3. The molecule has 42 valence electrons. The Morgan fingerprint density at radius 3 is 0.571 bits per heavy atom. The molecule has 3 nitrogen and oxygen atoms in total. The molecule has 0 aliphatic carbocycles. The normalized spacial score (nSPS) is 1.71. The van der Waals surface area contributed by atoms with Crippen LogP contribution in [0.2, 0.25) is 0 Å². The molecule has 0 saturated heterocycles. The zero-order valence-corrected chi connectivity index (χ0v) is 4.33. The van der Waals surface area contributed by atoms with Gasteiger partial charge in [-0.25, -0.2) is 0 Å². The standard InChI is InChI=1S/3CHO.Co/c3*1-2;/h3*1H;/q3*-1;+3. The molecule has 0 radical (unpaired) electrons. The van der Waals surface area contributed by atoms with Crippen LogP contribution in [0, 0.1) is 0 Å². The van der Waals surface area contributed by atoms with Gasteiger partial charge in [-0.1, -0.05) is 0 Å². The van der Waals surface area contributed by atoms with Crippen molar-refractivity contribution in [3.05, 3.63) is 0 Å². The largest absolute Gasteiger partial charge is 3.00 e. The van der Waals surface area contributed by atoms with Crippen molar-refractivity contribution < 1.29 is 31.2 Å². The van der Waals surface area contributed by atoms with Gasteiger partial charge in [0.2, 0.25) is 0 Å². The minimum Gasteiger partial charge on any atom is -0.545 e. The number of rotatable bonds is 0. The molecule has 0 saturated carbocycles. The fourth-order valence-corrected chi connectivity index (χ4v) is 0. The maximum Gasteiger partial charge on any atom is 3.00 e. The average molecular weight is 146 g/mol. The van der Waals surface area contributed by atoms with Gasteiger partial charge in [0.1, 0.15) is 0 Å². The molecule has 0 atom stereocenters. The van der Waals surface area contributed by atoms with Crippen LogP contribution in [0.1, 0.15) is 0 Å². The predicted octanol–water partition coefficient (Wildman–Crippen LogP) is -0.825. The summed E-state index contributed by atoms with van der Waals surface area (Å²) in [5, 5.41) is 0. The number of hydrogen-bond donors (Lipinski definition) is 0. The SMILES string of the molecule is [CH-]=O.[CH-]=O.[CH-]=O.[Co+3]. The average Bonchev–Trinajstić information content (AvgIpc) is 1.81. The van der Waals surface area contributed by atoms with E-state index in [1.54, 1.807) is 0 Å². The van der Waals surface area contributed by atoms with Crippen LogP contribution >= 0.6 is 0 Å². The van der Waals surface area contributed by atoms with Crippen LogP contribution < -0.4 is 0 Å². The molecular weight excluding hydrogens is 143 g/mol. The summed E-state index contributed by atoms with van der Waals surface area (Å²) in [5.41, 5.74) is 0.